The standard InChI is InChI=1S/C16H18FNO5S/c17-14-6-8-16(9-7-14)22-12-13-24(19,20)18-23-11-10-21-15-4-2-1-3-5-15/h1-9,18H,10-13H2. The Morgan fingerprint density at radius 2 is 1.46 bits per heavy atom. The van der Waals surface area contributed by atoms with Crippen molar-refractivity contribution in [2.45, 2.75) is 0 Å². The number of sulfonamides is 1. The lowest BCUT2D eigenvalue weighted by Gasteiger charge is -2.09. The van der Waals surface area contributed by atoms with Crippen LogP contribution in [0.1, 0.15) is 0 Å². The van der Waals surface area contributed by atoms with E-state index in [9.17, 15) is 12.8 Å². The maximum atomic E-state index is 12.7. The summed E-state index contributed by atoms with van der Waals surface area (Å²) in [5.41, 5.74) is 0. The number of nitrogens with one attached hydrogen (secondary N) is 1. The molecule has 0 atom stereocenters. The molecule has 6 nitrogen and oxygen atoms in total. The summed E-state index contributed by atoms with van der Waals surface area (Å²) in [5.74, 6) is 0.396. The number of ether oxygens (including phenoxy) is 2. The molecule has 8 heteroatoms. The third-order valence-electron chi connectivity index (χ3n) is 2.82. The Bertz CT molecular complexity index is 707. The van der Waals surface area contributed by atoms with Gasteiger partial charge in [-0.1, -0.05) is 23.1 Å². The topological polar surface area (TPSA) is 73.9 Å². The first-order valence-electron chi connectivity index (χ1n) is 7.23. The molecule has 0 aliphatic rings. The third kappa shape index (κ3) is 6.95. The van der Waals surface area contributed by atoms with Crippen LogP contribution in [0.25, 0.3) is 0 Å². The molecule has 0 spiro atoms. The molecule has 0 aliphatic carbocycles. The van der Waals surface area contributed by atoms with E-state index in [0.29, 0.717) is 11.5 Å². The molecule has 0 radical (unpaired) electrons. The molecule has 130 valence electrons. The van der Waals surface area contributed by atoms with Crippen LogP contribution in [0, 0.1) is 5.82 Å². The summed E-state index contributed by atoms with van der Waals surface area (Å²) in [5, 5.41) is 0. The normalized spacial score (nSPS) is 11.2. The van der Waals surface area contributed by atoms with Crippen molar-refractivity contribution in [3.05, 3.63) is 60.4 Å². The predicted molar refractivity (Wildman–Crippen MR) is 86.7 cm³/mol. The van der Waals surface area contributed by atoms with E-state index < -0.39 is 10.0 Å². The van der Waals surface area contributed by atoms with Gasteiger partial charge in [-0.05, 0) is 36.4 Å². The number of halogens is 1. The SMILES string of the molecule is O=S(=O)(CCOc1ccc(F)cc1)NOCCOc1ccccc1. The molecule has 0 saturated heterocycles. The smallest absolute Gasteiger partial charge is 0.236 e. The highest BCUT2D eigenvalue weighted by Gasteiger charge is 2.10. The average Bonchev–Trinajstić information content (AvgIpc) is 2.57. The molecule has 0 bridgehead atoms. The number of benzene rings is 2. The summed E-state index contributed by atoms with van der Waals surface area (Å²) in [6.45, 7) is 0.191. The fourth-order valence-corrected chi connectivity index (χ4v) is 2.34. The van der Waals surface area contributed by atoms with Gasteiger partial charge in [0.2, 0.25) is 10.0 Å². The first-order valence-corrected chi connectivity index (χ1v) is 8.88. The van der Waals surface area contributed by atoms with E-state index in [0.717, 1.165) is 0 Å². The van der Waals surface area contributed by atoms with Crippen molar-refractivity contribution in [1.82, 2.24) is 4.89 Å². The number of rotatable bonds is 10. The molecule has 0 amide bonds. The van der Waals surface area contributed by atoms with Crippen molar-refractivity contribution in [3.8, 4) is 11.5 Å². The van der Waals surface area contributed by atoms with E-state index >= 15 is 0 Å². The van der Waals surface area contributed by atoms with Crippen LogP contribution in [0.3, 0.4) is 0 Å². The lowest BCUT2D eigenvalue weighted by molar-refractivity contribution is 0.0664. The minimum atomic E-state index is -3.63. The van der Waals surface area contributed by atoms with E-state index in [1.54, 1.807) is 12.1 Å². The van der Waals surface area contributed by atoms with E-state index in [2.05, 4.69) is 0 Å². The molecule has 0 aliphatic heterocycles. The van der Waals surface area contributed by atoms with Crippen molar-refractivity contribution < 1.29 is 27.1 Å². The highest BCUT2D eigenvalue weighted by Crippen LogP contribution is 2.11. The van der Waals surface area contributed by atoms with Gasteiger partial charge in [-0.15, -0.1) is 0 Å². The van der Waals surface area contributed by atoms with Crippen LogP contribution in [0.5, 0.6) is 11.5 Å². The van der Waals surface area contributed by atoms with Gasteiger partial charge in [-0.2, -0.15) is 0 Å². The zero-order chi connectivity index (χ0) is 17.3. The maximum Gasteiger partial charge on any atom is 0.236 e. The van der Waals surface area contributed by atoms with Gasteiger partial charge in [0.15, 0.2) is 0 Å². The van der Waals surface area contributed by atoms with E-state index in [1.165, 1.54) is 24.3 Å². The lowest BCUT2D eigenvalue weighted by Crippen LogP contribution is -2.30. The monoisotopic (exact) mass is 355 g/mol. The Labute approximate surface area is 140 Å². The second-order valence-electron chi connectivity index (χ2n) is 4.71. The van der Waals surface area contributed by atoms with Gasteiger partial charge in [-0.3, -0.25) is 4.84 Å². The number of para-hydroxylation sites is 1. The molecule has 2 aromatic rings. The highest BCUT2D eigenvalue weighted by molar-refractivity contribution is 7.89. The van der Waals surface area contributed by atoms with Gasteiger partial charge >= 0.3 is 0 Å². The van der Waals surface area contributed by atoms with Crippen molar-refractivity contribution in [2.75, 3.05) is 25.6 Å². The molecule has 2 aromatic carbocycles. The Morgan fingerprint density at radius 1 is 0.833 bits per heavy atom. The van der Waals surface area contributed by atoms with E-state index in [4.69, 9.17) is 14.3 Å². The Morgan fingerprint density at radius 3 is 2.17 bits per heavy atom. The first-order chi connectivity index (χ1) is 11.6. The third-order valence-corrected chi connectivity index (χ3v) is 3.89. The summed E-state index contributed by atoms with van der Waals surface area (Å²) in [4.78, 5) is 6.86. The van der Waals surface area contributed by atoms with Crippen LogP contribution >= 0.6 is 0 Å². The van der Waals surface area contributed by atoms with E-state index in [-0.39, 0.29) is 31.4 Å². The molecule has 0 heterocycles. The number of hydrogen-bond donors (Lipinski definition) is 1. The van der Waals surface area contributed by atoms with Crippen molar-refractivity contribution in [1.29, 1.82) is 0 Å². The summed E-state index contributed by atoms with van der Waals surface area (Å²) in [7, 11) is -3.63. The van der Waals surface area contributed by atoms with Gasteiger partial charge in [-0.25, -0.2) is 12.8 Å². The lowest BCUT2D eigenvalue weighted by atomic mass is 10.3. The van der Waals surface area contributed by atoms with Crippen LogP contribution in [-0.4, -0.2) is 34.0 Å². The zero-order valence-electron chi connectivity index (χ0n) is 12.9. The van der Waals surface area contributed by atoms with Gasteiger partial charge in [0.1, 0.15) is 42.9 Å². The summed E-state index contributed by atoms with van der Waals surface area (Å²) >= 11 is 0. The van der Waals surface area contributed by atoms with Crippen LogP contribution < -0.4 is 14.4 Å². The summed E-state index contributed by atoms with van der Waals surface area (Å²) < 4.78 is 46.7. The molecule has 0 fully saturated rings. The highest BCUT2D eigenvalue weighted by atomic mass is 32.2. The Balaban J connectivity index is 1.60. The van der Waals surface area contributed by atoms with Gasteiger partial charge in [0.05, 0.1) is 0 Å². The maximum absolute atomic E-state index is 12.7. The molecule has 24 heavy (non-hydrogen) atoms. The van der Waals surface area contributed by atoms with Crippen molar-refractivity contribution in [3.63, 3.8) is 0 Å². The van der Waals surface area contributed by atoms with Crippen LogP contribution in [0.15, 0.2) is 54.6 Å². The molecule has 0 unspecified atom stereocenters. The van der Waals surface area contributed by atoms with Gasteiger partial charge < -0.3 is 9.47 Å². The average molecular weight is 355 g/mol. The van der Waals surface area contributed by atoms with Gasteiger partial charge in [0.25, 0.3) is 0 Å². The molecule has 0 aromatic heterocycles. The van der Waals surface area contributed by atoms with Crippen LogP contribution in [0.4, 0.5) is 4.39 Å². The fourth-order valence-electron chi connectivity index (χ4n) is 1.69. The minimum absolute atomic E-state index is 0.0624. The summed E-state index contributed by atoms with van der Waals surface area (Å²) in [6.07, 6.45) is 0. The quantitative estimate of drug-likeness (QED) is 0.522. The molecule has 0 saturated carbocycles. The molecular weight excluding hydrogens is 337 g/mol. The largest absolute Gasteiger partial charge is 0.492 e. The Kier molecular flexibility index (Phi) is 6.98. The minimum Gasteiger partial charge on any atom is -0.492 e. The van der Waals surface area contributed by atoms with Crippen LogP contribution in [-0.2, 0) is 14.9 Å². The zero-order valence-corrected chi connectivity index (χ0v) is 13.7. The van der Waals surface area contributed by atoms with Crippen molar-refractivity contribution >= 4 is 10.0 Å². The van der Waals surface area contributed by atoms with Crippen molar-refractivity contribution in [2.24, 2.45) is 0 Å². The van der Waals surface area contributed by atoms with Crippen LogP contribution in [0.2, 0.25) is 0 Å². The molecule has 2 rings (SSSR count). The fraction of sp³-hybridized carbons (Fsp3) is 0.250. The second-order valence-corrected chi connectivity index (χ2v) is 6.52. The molecule has 1 N–H and O–H groups in total. The second kappa shape index (κ2) is 9.21. The van der Waals surface area contributed by atoms with Gasteiger partial charge in [0, 0.05) is 0 Å². The predicted octanol–water partition coefficient (Wildman–Crippen LogP) is 2.13. The summed E-state index contributed by atoms with van der Waals surface area (Å²) in [6, 6.07) is 14.4. The number of hydrogen-bond acceptors (Lipinski definition) is 5. The molecular formula is C16H18FNO5S. The van der Waals surface area contributed by atoms with E-state index in [1.807, 2.05) is 23.1 Å². The first kappa shape index (κ1) is 18.2. The Hall–Kier alpha value is -2.16.